The zero-order chi connectivity index (χ0) is 24.6. The van der Waals surface area contributed by atoms with Gasteiger partial charge in [0.2, 0.25) is 11.8 Å². The Bertz CT molecular complexity index is 997. The zero-order valence-corrected chi connectivity index (χ0v) is 20.1. The van der Waals surface area contributed by atoms with E-state index in [2.05, 4.69) is 15.1 Å². The number of para-hydroxylation sites is 1. The molecule has 0 unspecified atom stereocenters. The number of carbonyl (C=O) groups is 3. The van der Waals surface area contributed by atoms with Crippen molar-refractivity contribution in [2.75, 3.05) is 77.5 Å². The number of carbonyl (C=O) groups excluding carboxylic acids is 3. The average molecular weight is 484 g/mol. The van der Waals surface area contributed by atoms with Crippen LogP contribution in [-0.4, -0.2) is 105 Å². The Morgan fingerprint density at radius 3 is 2.34 bits per heavy atom. The molecule has 188 valence electrons. The summed E-state index contributed by atoms with van der Waals surface area (Å²) in [7, 11) is 1.68. The van der Waals surface area contributed by atoms with Crippen LogP contribution in [0, 0.1) is 0 Å². The predicted octanol–water partition coefficient (Wildman–Crippen LogP) is 0.649. The summed E-state index contributed by atoms with van der Waals surface area (Å²) in [6.07, 6.45) is 1.56. The van der Waals surface area contributed by atoms with E-state index in [1.165, 1.54) is 4.90 Å². The number of anilines is 1. The second-order valence-electron chi connectivity index (χ2n) is 8.78. The standard InChI is InChI=1S/C25H33N5O5/c1-27(22-7-3-2-6-21(22)25(33)26-17-20-5-4-14-35-20)23(31)18-28-8-10-30(11-9-28)24(32)19-29-12-15-34-16-13-29/h2-7,14H,8-13,15-19H2,1H3,(H,26,33). The van der Waals surface area contributed by atoms with Crippen molar-refractivity contribution in [2.45, 2.75) is 6.54 Å². The SMILES string of the molecule is CN(C(=O)CN1CCN(C(=O)CN2CCOCC2)CC1)c1ccccc1C(=O)NCc1ccco1. The van der Waals surface area contributed by atoms with Gasteiger partial charge in [-0.05, 0) is 24.3 Å². The summed E-state index contributed by atoms with van der Waals surface area (Å²) >= 11 is 0. The van der Waals surface area contributed by atoms with Gasteiger partial charge in [0.05, 0.1) is 50.4 Å². The van der Waals surface area contributed by atoms with Gasteiger partial charge in [-0.15, -0.1) is 0 Å². The number of hydrogen-bond donors (Lipinski definition) is 1. The molecule has 0 saturated carbocycles. The third-order valence-corrected chi connectivity index (χ3v) is 6.43. The molecule has 0 bridgehead atoms. The first-order valence-corrected chi connectivity index (χ1v) is 12.0. The van der Waals surface area contributed by atoms with Gasteiger partial charge in [0.15, 0.2) is 0 Å². The van der Waals surface area contributed by atoms with Crippen LogP contribution < -0.4 is 10.2 Å². The molecule has 1 aromatic carbocycles. The molecule has 2 aromatic rings. The Morgan fingerprint density at radius 2 is 1.63 bits per heavy atom. The van der Waals surface area contributed by atoms with Gasteiger partial charge < -0.3 is 24.3 Å². The van der Waals surface area contributed by atoms with Gasteiger partial charge >= 0.3 is 0 Å². The monoisotopic (exact) mass is 483 g/mol. The predicted molar refractivity (Wildman–Crippen MR) is 130 cm³/mol. The first-order chi connectivity index (χ1) is 17.0. The van der Waals surface area contributed by atoms with Crippen molar-refractivity contribution in [2.24, 2.45) is 0 Å². The maximum atomic E-state index is 13.0. The molecule has 0 aliphatic carbocycles. The fourth-order valence-corrected chi connectivity index (χ4v) is 4.27. The van der Waals surface area contributed by atoms with E-state index in [9.17, 15) is 14.4 Å². The number of furan rings is 1. The fraction of sp³-hybridized carbons (Fsp3) is 0.480. The molecular formula is C25H33N5O5. The highest BCUT2D eigenvalue weighted by Crippen LogP contribution is 2.20. The summed E-state index contributed by atoms with van der Waals surface area (Å²) in [6, 6.07) is 10.6. The lowest BCUT2D eigenvalue weighted by atomic mass is 10.1. The lowest BCUT2D eigenvalue weighted by Gasteiger charge is -2.36. The average Bonchev–Trinajstić information content (AvgIpc) is 3.41. The number of nitrogens with zero attached hydrogens (tertiary/aromatic N) is 4. The summed E-state index contributed by atoms with van der Waals surface area (Å²) in [5.74, 6) is 0.403. The molecule has 1 aromatic heterocycles. The minimum atomic E-state index is -0.274. The number of nitrogens with one attached hydrogen (secondary N) is 1. The second kappa shape index (κ2) is 12.0. The van der Waals surface area contributed by atoms with Crippen LogP contribution in [0.15, 0.2) is 47.1 Å². The fourth-order valence-electron chi connectivity index (χ4n) is 4.27. The third-order valence-electron chi connectivity index (χ3n) is 6.43. The van der Waals surface area contributed by atoms with Crippen molar-refractivity contribution in [1.82, 2.24) is 20.0 Å². The number of benzene rings is 1. The van der Waals surface area contributed by atoms with Crippen molar-refractivity contribution in [3.05, 3.63) is 54.0 Å². The smallest absolute Gasteiger partial charge is 0.253 e. The molecular weight excluding hydrogens is 450 g/mol. The Balaban J connectivity index is 1.27. The molecule has 10 nitrogen and oxygen atoms in total. The lowest BCUT2D eigenvalue weighted by Crippen LogP contribution is -2.53. The quantitative estimate of drug-likeness (QED) is 0.589. The number of morpholine rings is 1. The van der Waals surface area contributed by atoms with Crippen LogP contribution >= 0.6 is 0 Å². The Kier molecular flexibility index (Phi) is 8.51. The van der Waals surface area contributed by atoms with E-state index in [-0.39, 0.29) is 30.8 Å². The largest absolute Gasteiger partial charge is 0.467 e. The molecule has 10 heteroatoms. The van der Waals surface area contributed by atoms with Gasteiger partial charge in [-0.25, -0.2) is 0 Å². The Morgan fingerprint density at radius 1 is 0.914 bits per heavy atom. The third kappa shape index (κ3) is 6.68. The summed E-state index contributed by atoms with van der Waals surface area (Å²) in [5, 5.41) is 2.83. The van der Waals surface area contributed by atoms with Crippen molar-refractivity contribution in [3.63, 3.8) is 0 Å². The van der Waals surface area contributed by atoms with E-state index >= 15 is 0 Å². The van der Waals surface area contributed by atoms with Crippen molar-refractivity contribution < 1.29 is 23.5 Å². The lowest BCUT2D eigenvalue weighted by molar-refractivity contribution is -0.135. The van der Waals surface area contributed by atoms with E-state index in [0.29, 0.717) is 62.9 Å². The summed E-state index contributed by atoms with van der Waals surface area (Å²) in [6.45, 7) is 6.32. The first kappa shape index (κ1) is 24.9. The molecule has 2 fully saturated rings. The number of piperazine rings is 1. The molecule has 0 spiro atoms. The van der Waals surface area contributed by atoms with Gasteiger partial charge in [-0.2, -0.15) is 0 Å². The molecule has 35 heavy (non-hydrogen) atoms. The number of hydrogen-bond acceptors (Lipinski definition) is 7. The van der Waals surface area contributed by atoms with Gasteiger partial charge in [0, 0.05) is 46.3 Å². The topological polar surface area (TPSA) is 98.6 Å². The van der Waals surface area contributed by atoms with Crippen LogP contribution in [0.3, 0.4) is 0 Å². The van der Waals surface area contributed by atoms with Crippen LogP contribution in [0.1, 0.15) is 16.1 Å². The molecule has 2 saturated heterocycles. The minimum absolute atomic E-state index is 0.107. The highest BCUT2D eigenvalue weighted by Gasteiger charge is 2.26. The molecule has 2 aliphatic rings. The van der Waals surface area contributed by atoms with E-state index in [1.54, 1.807) is 49.7 Å². The van der Waals surface area contributed by atoms with Crippen molar-refractivity contribution >= 4 is 23.4 Å². The highest BCUT2D eigenvalue weighted by molar-refractivity contribution is 6.05. The molecule has 0 radical (unpaired) electrons. The van der Waals surface area contributed by atoms with E-state index in [0.717, 1.165) is 13.1 Å². The van der Waals surface area contributed by atoms with Crippen LogP contribution in [0.25, 0.3) is 0 Å². The first-order valence-electron chi connectivity index (χ1n) is 12.0. The molecule has 2 aliphatic heterocycles. The Hall–Kier alpha value is -3.21. The van der Waals surface area contributed by atoms with E-state index < -0.39 is 0 Å². The molecule has 1 N–H and O–H groups in total. The molecule has 3 heterocycles. The molecule has 4 rings (SSSR count). The van der Waals surface area contributed by atoms with Gasteiger partial charge in [-0.3, -0.25) is 24.2 Å². The van der Waals surface area contributed by atoms with Gasteiger partial charge in [0.25, 0.3) is 5.91 Å². The van der Waals surface area contributed by atoms with Crippen molar-refractivity contribution in [1.29, 1.82) is 0 Å². The van der Waals surface area contributed by atoms with Gasteiger partial charge in [-0.1, -0.05) is 12.1 Å². The van der Waals surface area contributed by atoms with Crippen LogP contribution in [0.2, 0.25) is 0 Å². The van der Waals surface area contributed by atoms with Crippen LogP contribution in [-0.2, 0) is 20.9 Å². The summed E-state index contributed by atoms with van der Waals surface area (Å²) in [5.41, 5.74) is 0.974. The highest BCUT2D eigenvalue weighted by atomic mass is 16.5. The molecule has 0 atom stereocenters. The Labute approximate surface area is 205 Å². The number of ether oxygens (including phenoxy) is 1. The van der Waals surface area contributed by atoms with Gasteiger partial charge in [0.1, 0.15) is 5.76 Å². The van der Waals surface area contributed by atoms with Crippen LogP contribution in [0.5, 0.6) is 0 Å². The zero-order valence-electron chi connectivity index (χ0n) is 20.1. The van der Waals surface area contributed by atoms with Crippen molar-refractivity contribution in [3.8, 4) is 0 Å². The van der Waals surface area contributed by atoms with E-state index in [1.807, 2.05) is 4.90 Å². The normalized spacial score (nSPS) is 17.2. The number of amides is 3. The maximum absolute atomic E-state index is 13.0. The number of rotatable bonds is 8. The van der Waals surface area contributed by atoms with Crippen LogP contribution in [0.4, 0.5) is 5.69 Å². The summed E-state index contributed by atoms with van der Waals surface area (Å²) in [4.78, 5) is 46.0. The van der Waals surface area contributed by atoms with E-state index in [4.69, 9.17) is 9.15 Å². The number of likely N-dealkylation sites (N-methyl/N-ethyl adjacent to an activating group) is 1. The second-order valence-corrected chi connectivity index (χ2v) is 8.78. The molecule has 3 amide bonds. The minimum Gasteiger partial charge on any atom is -0.467 e. The maximum Gasteiger partial charge on any atom is 0.253 e. The summed E-state index contributed by atoms with van der Waals surface area (Å²) < 4.78 is 10.6.